The van der Waals surface area contributed by atoms with E-state index in [1.165, 1.54) is 0 Å². The molecule has 146 valence electrons. The molecular weight excluding hydrogens is 344 g/mol. The lowest BCUT2D eigenvalue weighted by Gasteiger charge is -2.40. The predicted molar refractivity (Wildman–Crippen MR) is 107 cm³/mol. The topological polar surface area (TPSA) is 47.9 Å². The molecule has 0 bridgehead atoms. The van der Waals surface area contributed by atoms with Gasteiger partial charge in [0.2, 0.25) is 0 Å². The van der Waals surface area contributed by atoms with Crippen LogP contribution in [0.1, 0.15) is 46.3 Å². The van der Waals surface area contributed by atoms with Crippen LogP contribution in [0.2, 0.25) is 18.1 Å². The van der Waals surface area contributed by atoms with E-state index in [4.69, 9.17) is 13.9 Å². The van der Waals surface area contributed by atoms with Gasteiger partial charge in [0, 0.05) is 0 Å². The van der Waals surface area contributed by atoms with Crippen LogP contribution in [0.3, 0.4) is 0 Å². The van der Waals surface area contributed by atoms with E-state index in [0.717, 1.165) is 5.56 Å². The predicted octanol–water partition coefficient (Wildman–Crippen LogP) is 4.82. The van der Waals surface area contributed by atoms with Crippen molar-refractivity contribution in [2.24, 2.45) is 0 Å². The Hall–Kier alpha value is -0.983. The third-order valence-corrected chi connectivity index (χ3v) is 9.88. The Bertz CT molecular complexity index is 606. The van der Waals surface area contributed by atoms with Crippen LogP contribution in [-0.4, -0.2) is 37.5 Å². The molecule has 4 nitrogen and oxygen atoms in total. The summed E-state index contributed by atoms with van der Waals surface area (Å²) in [4.78, 5) is 0. The normalized spacial score (nSPS) is 25.7. The molecule has 1 fully saturated rings. The summed E-state index contributed by atoms with van der Waals surface area (Å²) in [5.41, 5.74) is 0.805. The van der Waals surface area contributed by atoms with E-state index < -0.39 is 32.4 Å². The van der Waals surface area contributed by atoms with Gasteiger partial charge in [0.05, 0.1) is 6.10 Å². The highest BCUT2D eigenvalue weighted by Gasteiger charge is 2.50. The van der Waals surface area contributed by atoms with Crippen LogP contribution < -0.4 is 0 Å². The van der Waals surface area contributed by atoms with Crippen LogP contribution in [0.15, 0.2) is 43.0 Å². The van der Waals surface area contributed by atoms with Gasteiger partial charge in [-0.05, 0) is 37.5 Å². The molecular formula is C21H34O4Si. The van der Waals surface area contributed by atoms with Gasteiger partial charge in [-0.2, -0.15) is 0 Å². The Kier molecular flexibility index (Phi) is 6.20. The van der Waals surface area contributed by atoms with Crippen LogP contribution in [0.25, 0.3) is 0 Å². The minimum atomic E-state index is -2.03. The van der Waals surface area contributed by atoms with Crippen LogP contribution >= 0.6 is 0 Å². The van der Waals surface area contributed by atoms with E-state index in [0.29, 0.717) is 0 Å². The van der Waals surface area contributed by atoms with Gasteiger partial charge in [-0.25, -0.2) is 0 Å². The SMILES string of the molecule is C=C[C@@H](O[Si](C)(C)C(C)(C)C)[C@@H]1OC(C)(C)O[C@H]1[C@H](O)c1ccccc1. The standard InChI is InChI=1S/C21H34O4Si/c1-9-16(25-26(7,8)20(2,3)4)18-19(24-21(5,6)23-18)17(22)15-13-11-10-12-14-15/h9-14,16-19,22H,1H2,2-8H3/t16-,17-,18+,19+/m1/s1. The number of hydrogen-bond donors (Lipinski definition) is 1. The summed E-state index contributed by atoms with van der Waals surface area (Å²) < 4.78 is 18.8. The van der Waals surface area contributed by atoms with Crippen LogP contribution in [0.4, 0.5) is 0 Å². The second-order valence-electron chi connectivity index (χ2n) is 9.00. The zero-order chi connectivity index (χ0) is 19.8. The molecule has 0 spiro atoms. The highest BCUT2D eigenvalue weighted by Crippen LogP contribution is 2.42. The molecule has 0 unspecified atom stereocenters. The number of aliphatic hydroxyl groups excluding tert-OH is 1. The number of benzene rings is 1. The minimum Gasteiger partial charge on any atom is -0.408 e. The van der Waals surface area contributed by atoms with E-state index in [2.05, 4.69) is 40.4 Å². The number of ether oxygens (including phenoxy) is 2. The lowest BCUT2D eigenvalue weighted by molar-refractivity contribution is -0.158. The third-order valence-electron chi connectivity index (χ3n) is 5.41. The first-order chi connectivity index (χ1) is 11.9. The molecule has 0 saturated carbocycles. The Labute approximate surface area is 159 Å². The van der Waals surface area contributed by atoms with Gasteiger partial charge in [0.15, 0.2) is 14.1 Å². The van der Waals surface area contributed by atoms with Crippen molar-refractivity contribution in [2.75, 3.05) is 0 Å². The van der Waals surface area contributed by atoms with Crippen LogP contribution in [0.5, 0.6) is 0 Å². The van der Waals surface area contributed by atoms with E-state index in [1.807, 2.05) is 44.2 Å². The van der Waals surface area contributed by atoms with Gasteiger partial charge in [0.25, 0.3) is 0 Å². The van der Waals surface area contributed by atoms with Gasteiger partial charge >= 0.3 is 0 Å². The van der Waals surface area contributed by atoms with Crippen molar-refractivity contribution in [3.8, 4) is 0 Å². The molecule has 1 aliphatic heterocycles. The molecule has 2 rings (SSSR count). The summed E-state index contributed by atoms with van der Waals surface area (Å²) >= 11 is 0. The molecule has 1 saturated heterocycles. The number of hydrogen-bond acceptors (Lipinski definition) is 4. The van der Waals surface area contributed by atoms with Crippen molar-refractivity contribution in [3.63, 3.8) is 0 Å². The highest BCUT2D eigenvalue weighted by atomic mass is 28.4. The van der Waals surface area contributed by atoms with E-state index in [1.54, 1.807) is 6.08 Å². The monoisotopic (exact) mass is 378 g/mol. The summed E-state index contributed by atoms with van der Waals surface area (Å²) in [6.45, 7) is 18.7. The average Bonchev–Trinajstić information content (AvgIpc) is 2.87. The first kappa shape index (κ1) is 21.3. The van der Waals surface area contributed by atoms with Crippen molar-refractivity contribution in [2.45, 2.75) is 83.0 Å². The van der Waals surface area contributed by atoms with Crippen molar-refractivity contribution in [1.82, 2.24) is 0 Å². The minimum absolute atomic E-state index is 0.0663. The molecule has 4 atom stereocenters. The number of rotatable bonds is 6. The lowest BCUT2D eigenvalue weighted by Crippen LogP contribution is -2.49. The van der Waals surface area contributed by atoms with Crippen LogP contribution in [-0.2, 0) is 13.9 Å². The summed E-state index contributed by atoms with van der Waals surface area (Å²) in [6.07, 6.45) is -0.317. The van der Waals surface area contributed by atoms with Gasteiger partial charge in [-0.3, -0.25) is 0 Å². The maximum atomic E-state index is 10.9. The van der Waals surface area contributed by atoms with Gasteiger partial charge in [0.1, 0.15) is 18.3 Å². The molecule has 0 aliphatic carbocycles. The van der Waals surface area contributed by atoms with Gasteiger partial charge < -0.3 is 19.0 Å². The Morgan fingerprint density at radius 3 is 2.19 bits per heavy atom. The first-order valence-electron chi connectivity index (χ1n) is 9.27. The van der Waals surface area contributed by atoms with Crippen molar-refractivity contribution in [1.29, 1.82) is 0 Å². The van der Waals surface area contributed by atoms with Crippen molar-refractivity contribution < 1.29 is 19.0 Å². The maximum absolute atomic E-state index is 10.9. The largest absolute Gasteiger partial charge is 0.408 e. The molecule has 1 aliphatic rings. The van der Waals surface area contributed by atoms with Crippen molar-refractivity contribution in [3.05, 3.63) is 48.6 Å². The molecule has 5 heteroatoms. The fourth-order valence-electron chi connectivity index (χ4n) is 2.92. The lowest BCUT2D eigenvalue weighted by atomic mass is 9.97. The molecule has 1 heterocycles. The van der Waals surface area contributed by atoms with E-state index >= 15 is 0 Å². The highest BCUT2D eigenvalue weighted by molar-refractivity contribution is 6.74. The quantitative estimate of drug-likeness (QED) is 0.570. The smallest absolute Gasteiger partial charge is 0.193 e. The summed E-state index contributed by atoms with van der Waals surface area (Å²) in [5.74, 6) is -0.789. The van der Waals surface area contributed by atoms with E-state index in [-0.39, 0.29) is 11.1 Å². The second-order valence-corrected chi connectivity index (χ2v) is 13.8. The van der Waals surface area contributed by atoms with Crippen LogP contribution in [0, 0.1) is 0 Å². The third kappa shape index (κ3) is 4.64. The van der Waals surface area contributed by atoms with Crippen molar-refractivity contribution >= 4 is 8.32 Å². The fourth-order valence-corrected chi connectivity index (χ4v) is 4.19. The molecule has 1 N–H and O–H groups in total. The molecule has 1 aromatic carbocycles. The molecule has 26 heavy (non-hydrogen) atoms. The molecule has 0 aromatic heterocycles. The van der Waals surface area contributed by atoms with E-state index in [9.17, 15) is 5.11 Å². The zero-order valence-electron chi connectivity index (χ0n) is 17.2. The Morgan fingerprint density at radius 2 is 1.69 bits per heavy atom. The Balaban J connectivity index is 2.29. The van der Waals surface area contributed by atoms with Gasteiger partial charge in [-0.15, -0.1) is 6.58 Å². The van der Waals surface area contributed by atoms with Gasteiger partial charge in [-0.1, -0.05) is 57.2 Å². The summed E-state index contributed by atoms with van der Waals surface area (Å²) in [5, 5.41) is 11.0. The maximum Gasteiger partial charge on any atom is 0.193 e. The summed E-state index contributed by atoms with van der Waals surface area (Å²) in [7, 11) is -2.03. The Morgan fingerprint density at radius 1 is 1.15 bits per heavy atom. The zero-order valence-corrected chi connectivity index (χ0v) is 18.2. The first-order valence-corrected chi connectivity index (χ1v) is 12.2. The molecule has 1 aromatic rings. The molecule has 0 amide bonds. The average molecular weight is 379 g/mol. The number of aliphatic hydroxyl groups is 1. The fraction of sp³-hybridized carbons (Fsp3) is 0.619. The summed E-state index contributed by atoms with van der Waals surface area (Å²) in [6, 6.07) is 9.54. The molecule has 0 radical (unpaired) electrons. The second kappa shape index (κ2) is 7.56.